The van der Waals surface area contributed by atoms with E-state index >= 15 is 0 Å². The Bertz CT molecular complexity index is 293. The molecule has 1 aliphatic rings. The predicted molar refractivity (Wildman–Crippen MR) is 72.8 cm³/mol. The van der Waals surface area contributed by atoms with E-state index < -0.39 is 11.9 Å². The molecule has 1 rings (SSSR count). The third-order valence-corrected chi connectivity index (χ3v) is 4.64. The van der Waals surface area contributed by atoms with E-state index in [1.807, 2.05) is 0 Å². The highest BCUT2D eigenvalue weighted by molar-refractivity contribution is 8.00. The van der Waals surface area contributed by atoms with Crippen molar-refractivity contribution in [3.63, 3.8) is 0 Å². The van der Waals surface area contributed by atoms with Gasteiger partial charge in [-0.3, -0.25) is 9.59 Å². The predicted octanol–water partition coefficient (Wildman–Crippen LogP) is 0.697. The van der Waals surface area contributed by atoms with E-state index in [0.717, 1.165) is 25.9 Å². The normalized spacial score (nSPS) is 20.1. The highest BCUT2D eigenvalue weighted by atomic mass is 32.2. The second-order valence-corrected chi connectivity index (χ2v) is 6.03. The first-order valence-electron chi connectivity index (χ1n) is 6.35. The third kappa shape index (κ3) is 5.27. The van der Waals surface area contributed by atoms with Crippen LogP contribution in [0.15, 0.2) is 0 Å². The van der Waals surface area contributed by atoms with Crippen LogP contribution in [-0.2, 0) is 9.59 Å². The lowest BCUT2D eigenvalue weighted by Crippen LogP contribution is -2.41. The van der Waals surface area contributed by atoms with Gasteiger partial charge in [-0.15, -0.1) is 11.8 Å². The minimum atomic E-state index is -0.881. The molecule has 0 radical (unpaired) electrons. The molecule has 0 bridgehead atoms. The molecule has 0 aromatic carbocycles. The lowest BCUT2D eigenvalue weighted by atomic mass is 10.0. The monoisotopic (exact) mass is 274 g/mol. The molecule has 2 unspecified atom stereocenters. The Balaban J connectivity index is 2.22. The number of nitrogens with one attached hydrogen (secondary N) is 2. The first kappa shape index (κ1) is 15.3. The quantitative estimate of drug-likeness (QED) is 0.664. The minimum absolute atomic E-state index is 0.0702. The number of amides is 1. The second-order valence-electron chi connectivity index (χ2n) is 4.74. The number of thioether (sulfide) groups is 1. The van der Waals surface area contributed by atoms with Gasteiger partial charge in [0.2, 0.25) is 5.91 Å². The number of hydrogen-bond acceptors (Lipinski definition) is 4. The smallest absolute Gasteiger partial charge is 0.308 e. The standard InChI is InChI=1S/C12H22N2O3S/c1-8(12(16)17)9(2)14-11(15)7-18-10-3-5-13-6-4-10/h8-10,13H,3-7H2,1-2H3,(H,14,15)(H,16,17). The van der Waals surface area contributed by atoms with E-state index in [1.165, 1.54) is 0 Å². The molecule has 2 atom stereocenters. The van der Waals surface area contributed by atoms with Crippen LogP contribution in [0.1, 0.15) is 26.7 Å². The van der Waals surface area contributed by atoms with Crippen LogP contribution < -0.4 is 10.6 Å². The van der Waals surface area contributed by atoms with E-state index in [9.17, 15) is 9.59 Å². The fraction of sp³-hybridized carbons (Fsp3) is 0.833. The van der Waals surface area contributed by atoms with Crippen LogP contribution in [0.25, 0.3) is 0 Å². The molecule has 0 aromatic heterocycles. The number of hydrogen-bond donors (Lipinski definition) is 3. The lowest BCUT2D eigenvalue weighted by molar-refractivity contribution is -0.142. The average Bonchev–Trinajstić information content (AvgIpc) is 2.36. The van der Waals surface area contributed by atoms with Gasteiger partial charge in [0.05, 0.1) is 11.7 Å². The first-order chi connectivity index (χ1) is 8.50. The van der Waals surface area contributed by atoms with E-state index in [0.29, 0.717) is 11.0 Å². The van der Waals surface area contributed by atoms with Gasteiger partial charge in [-0.05, 0) is 39.8 Å². The van der Waals surface area contributed by atoms with Crippen molar-refractivity contribution in [1.82, 2.24) is 10.6 Å². The van der Waals surface area contributed by atoms with Gasteiger partial charge in [-0.1, -0.05) is 0 Å². The maximum atomic E-state index is 11.7. The Morgan fingerprint density at radius 2 is 2.00 bits per heavy atom. The van der Waals surface area contributed by atoms with Gasteiger partial charge in [-0.2, -0.15) is 0 Å². The molecular weight excluding hydrogens is 252 g/mol. The Morgan fingerprint density at radius 3 is 2.56 bits per heavy atom. The molecule has 6 heteroatoms. The Hall–Kier alpha value is -0.750. The van der Waals surface area contributed by atoms with E-state index in [-0.39, 0.29) is 11.9 Å². The van der Waals surface area contributed by atoms with Crippen molar-refractivity contribution in [1.29, 1.82) is 0 Å². The topological polar surface area (TPSA) is 78.4 Å². The summed E-state index contributed by atoms with van der Waals surface area (Å²) in [4.78, 5) is 22.4. The van der Waals surface area contributed by atoms with Gasteiger partial charge in [0, 0.05) is 11.3 Å². The summed E-state index contributed by atoms with van der Waals surface area (Å²) in [5.74, 6) is -1.09. The molecule has 1 saturated heterocycles. The molecule has 1 aliphatic heterocycles. The van der Waals surface area contributed by atoms with Crippen molar-refractivity contribution in [3.8, 4) is 0 Å². The van der Waals surface area contributed by atoms with Gasteiger partial charge >= 0.3 is 5.97 Å². The molecule has 18 heavy (non-hydrogen) atoms. The SMILES string of the molecule is CC(NC(=O)CSC1CCNCC1)C(C)C(=O)O. The summed E-state index contributed by atoms with van der Waals surface area (Å²) in [6.45, 7) is 5.37. The zero-order valence-corrected chi connectivity index (χ0v) is 11.8. The number of piperidine rings is 1. The Kier molecular flexibility index (Phi) is 6.49. The summed E-state index contributed by atoms with van der Waals surface area (Å²) >= 11 is 1.67. The van der Waals surface area contributed by atoms with Gasteiger partial charge in [0.25, 0.3) is 0 Å². The van der Waals surface area contributed by atoms with Crippen LogP contribution in [0.3, 0.4) is 0 Å². The number of carboxylic acids is 1. The summed E-state index contributed by atoms with van der Waals surface area (Å²) in [5.41, 5.74) is 0. The summed E-state index contributed by atoms with van der Waals surface area (Å²) in [7, 11) is 0. The van der Waals surface area contributed by atoms with Gasteiger partial charge in [-0.25, -0.2) is 0 Å². The molecule has 0 saturated carbocycles. The molecular formula is C12H22N2O3S. The molecule has 3 N–H and O–H groups in total. The number of aliphatic carboxylic acids is 1. The summed E-state index contributed by atoms with van der Waals surface area (Å²) in [6, 6.07) is -0.330. The fourth-order valence-corrected chi connectivity index (χ4v) is 2.83. The van der Waals surface area contributed by atoms with Crippen molar-refractivity contribution >= 4 is 23.6 Å². The van der Waals surface area contributed by atoms with Crippen LogP contribution in [0, 0.1) is 5.92 Å². The van der Waals surface area contributed by atoms with Gasteiger partial charge in [0.15, 0.2) is 0 Å². The van der Waals surface area contributed by atoms with Crippen LogP contribution in [0.5, 0.6) is 0 Å². The van der Waals surface area contributed by atoms with Crippen LogP contribution in [0.2, 0.25) is 0 Å². The lowest BCUT2D eigenvalue weighted by Gasteiger charge is -2.22. The summed E-state index contributed by atoms with van der Waals surface area (Å²) in [6.07, 6.45) is 2.19. The van der Waals surface area contributed by atoms with Crippen LogP contribution in [-0.4, -0.2) is 47.1 Å². The van der Waals surface area contributed by atoms with Crippen molar-refractivity contribution < 1.29 is 14.7 Å². The molecule has 1 fully saturated rings. The minimum Gasteiger partial charge on any atom is -0.481 e. The molecule has 1 amide bonds. The Morgan fingerprint density at radius 1 is 1.39 bits per heavy atom. The highest BCUT2D eigenvalue weighted by Crippen LogP contribution is 2.19. The Labute approximate surface area is 112 Å². The molecule has 5 nitrogen and oxygen atoms in total. The number of carbonyl (C=O) groups excluding carboxylic acids is 1. The molecule has 0 spiro atoms. The maximum Gasteiger partial charge on any atom is 0.308 e. The number of rotatable bonds is 6. The average molecular weight is 274 g/mol. The van der Waals surface area contributed by atoms with Crippen molar-refractivity contribution in [2.75, 3.05) is 18.8 Å². The highest BCUT2D eigenvalue weighted by Gasteiger charge is 2.21. The van der Waals surface area contributed by atoms with Gasteiger partial charge in [0.1, 0.15) is 0 Å². The van der Waals surface area contributed by atoms with Crippen LogP contribution >= 0.6 is 11.8 Å². The van der Waals surface area contributed by atoms with E-state index in [2.05, 4.69) is 10.6 Å². The van der Waals surface area contributed by atoms with Gasteiger partial charge < -0.3 is 15.7 Å². The largest absolute Gasteiger partial charge is 0.481 e. The van der Waals surface area contributed by atoms with E-state index in [4.69, 9.17) is 5.11 Å². The van der Waals surface area contributed by atoms with Crippen molar-refractivity contribution in [2.24, 2.45) is 5.92 Å². The summed E-state index contributed by atoms with van der Waals surface area (Å²) < 4.78 is 0. The summed E-state index contributed by atoms with van der Waals surface area (Å²) in [5, 5.41) is 15.4. The molecule has 1 heterocycles. The third-order valence-electron chi connectivity index (χ3n) is 3.26. The molecule has 0 aromatic rings. The first-order valence-corrected chi connectivity index (χ1v) is 7.40. The zero-order chi connectivity index (χ0) is 13.5. The van der Waals surface area contributed by atoms with E-state index in [1.54, 1.807) is 25.6 Å². The molecule has 0 aliphatic carbocycles. The van der Waals surface area contributed by atoms with Crippen molar-refractivity contribution in [3.05, 3.63) is 0 Å². The zero-order valence-electron chi connectivity index (χ0n) is 10.9. The second kappa shape index (κ2) is 7.63. The maximum absolute atomic E-state index is 11.7. The number of carbonyl (C=O) groups is 2. The molecule has 104 valence electrons. The fourth-order valence-electron chi connectivity index (χ4n) is 1.79. The van der Waals surface area contributed by atoms with Crippen molar-refractivity contribution in [2.45, 2.75) is 38.0 Å². The number of carboxylic acid groups (broad SMARTS) is 1. The van der Waals surface area contributed by atoms with Crippen LogP contribution in [0.4, 0.5) is 0 Å².